The van der Waals surface area contributed by atoms with Crippen molar-refractivity contribution >= 4 is 11.7 Å². The van der Waals surface area contributed by atoms with E-state index in [1.54, 1.807) is 6.20 Å². The highest BCUT2D eigenvalue weighted by molar-refractivity contribution is 5.89. The van der Waals surface area contributed by atoms with E-state index in [-0.39, 0.29) is 6.03 Å². The van der Waals surface area contributed by atoms with Gasteiger partial charge in [0.2, 0.25) is 0 Å². The van der Waals surface area contributed by atoms with Gasteiger partial charge in [0.25, 0.3) is 0 Å². The van der Waals surface area contributed by atoms with Crippen LogP contribution in [0.15, 0.2) is 41.3 Å². The molecule has 2 aromatic rings. The third-order valence-electron chi connectivity index (χ3n) is 3.73. The van der Waals surface area contributed by atoms with E-state index in [1.807, 2.05) is 24.3 Å². The lowest BCUT2D eigenvalue weighted by Crippen LogP contribution is -2.35. The van der Waals surface area contributed by atoms with Crippen LogP contribution in [0.2, 0.25) is 0 Å². The number of rotatable bonds is 4. The number of hydrogen-bond donors (Lipinski definition) is 2. The first-order valence-electron chi connectivity index (χ1n) is 7.43. The van der Waals surface area contributed by atoms with Gasteiger partial charge in [0.1, 0.15) is 0 Å². The molecular weight excluding hydrogens is 282 g/mol. The van der Waals surface area contributed by atoms with Crippen LogP contribution in [-0.2, 0) is 4.74 Å². The van der Waals surface area contributed by atoms with Crippen molar-refractivity contribution in [2.75, 3.05) is 25.1 Å². The molecule has 1 aliphatic rings. The van der Waals surface area contributed by atoms with Crippen molar-refractivity contribution in [2.45, 2.75) is 12.8 Å². The Bertz CT molecular complexity index is 607. The summed E-state index contributed by atoms with van der Waals surface area (Å²) in [6.07, 6.45) is 5.03. The number of carbonyl (C=O) groups excluding carboxylic acids is 1. The minimum absolute atomic E-state index is 0.193. The highest BCUT2D eigenvalue weighted by Gasteiger charge is 2.14. The van der Waals surface area contributed by atoms with E-state index < -0.39 is 0 Å². The summed E-state index contributed by atoms with van der Waals surface area (Å²) in [5, 5.41) is 5.75. The summed E-state index contributed by atoms with van der Waals surface area (Å²) in [6, 6.07) is 7.28. The molecule has 22 heavy (non-hydrogen) atoms. The van der Waals surface area contributed by atoms with Crippen LogP contribution in [0.4, 0.5) is 10.5 Å². The molecule has 0 saturated carbocycles. The summed E-state index contributed by atoms with van der Waals surface area (Å²) in [6.45, 7) is 2.25. The molecule has 1 aromatic carbocycles. The lowest BCUT2D eigenvalue weighted by atomic mass is 10.0. The molecule has 2 heterocycles. The Balaban J connectivity index is 1.54. The van der Waals surface area contributed by atoms with Gasteiger partial charge in [-0.3, -0.25) is 0 Å². The second-order valence-electron chi connectivity index (χ2n) is 5.34. The fourth-order valence-electron chi connectivity index (χ4n) is 2.47. The maximum absolute atomic E-state index is 12.0. The molecule has 0 bridgehead atoms. The SMILES string of the molecule is O=C(NCC1CCOCC1)Nc1cccc(-c2cnco2)c1. The number of nitrogens with zero attached hydrogens (tertiary/aromatic N) is 1. The predicted octanol–water partition coefficient (Wildman–Crippen LogP) is 2.89. The van der Waals surface area contributed by atoms with Crippen molar-refractivity contribution in [2.24, 2.45) is 5.92 Å². The molecule has 6 nitrogen and oxygen atoms in total. The Labute approximate surface area is 128 Å². The van der Waals surface area contributed by atoms with Crippen LogP contribution in [0.25, 0.3) is 11.3 Å². The fourth-order valence-corrected chi connectivity index (χ4v) is 2.47. The first-order valence-corrected chi connectivity index (χ1v) is 7.43. The first-order chi connectivity index (χ1) is 10.8. The average molecular weight is 301 g/mol. The smallest absolute Gasteiger partial charge is 0.319 e. The summed E-state index contributed by atoms with van der Waals surface area (Å²) in [5.41, 5.74) is 1.60. The lowest BCUT2D eigenvalue weighted by Gasteiger charge is -2.22. The summed E-state index contributed by atoms with van der Waals surface area (Å²) in [4.78, 5) is 15.9. The quantitative estimate of drug-likeness (QED) is 0.910. The van der Waals surface area contributed by atoms with Gasteiger partial charge in [0.15, 0.2) is 12.2 Å². The molecule has 2 N–H and O–H groups in total. The van der Waals surface area contributed by atoms with Gasteiger partial charge in [-0.1, -0.05) is 12.1 Å². The van der Waals surface area contributed by atoms with E-state index in [0.29, 0.717) is 18.2 Å². The minimum Gasteiger partial charge on any atom is -0.444 e. The monoisotopic (exact) mass is 301 g/mol. The molecule has 3 rings (SSSR count). The predicted molar refractivity (Wildman–Crippen MR) is 82.5 cm³/mol. The first kappa shape index (κ1) is 14.6. The van der Waals surface area contributed by atoms with Crippen molar-refractivity contribution < 1.29 is 13.9 Å². The van der Waals surface area contributed by atoms with E-state index in [4.69, 9.17) is 9.15 Å². The Hall–Kier alpha value is -2.34. The van der Waals surface area contributed by atoms with Crippen LogP contribution in [-0.4, -0.2) is 30.8 Å². The van der Waals surface area contributed by atoms with Crippen LogP contribution in [0.5, 0.6) is 0 Å². The normalized spacial score (nSPS) is 15.5. The summed E-state index contributed by atoms with van der Waals surface area (Å²) in [5.74, 6) is 1.17. The minimum atomic E-state index is -0.193. The third kappa shape index (κ3) is 3.85. The maximum atomic E-state index is 12.0. The van der Waals surface area contributed by atoms with Crippen molar-refractivity contribution in [3.8, 4) is 11.3 Å². The van der Waals surface area contributed by atoms with Crippen LogP contribution >= 0.6 is 0 Å². The van der Waals surface area contributed by atoms with Gasteiger partial charge in [-0.25, -0.2) is 9.78 Å². The standard InChI is InChI=1S/C16H19N3O3/c20-16(18-9-12-4-6-21-7-5-12)19-14-3-1-2-13(8-14)15-10-17-11-22-15/h1-3,8,10-12H,4-7,9H2,(H2,18,19,20). The van der Waals surface area contributed by atoms with E-state index >= 15 is 0 Å². The molecule has 1 saturated heterocycles. The number of amides is 2. The van der Waals surface area contributed by atoms with E-state index in [0.717, 1.165) is 37.3 Å². The number of anilines is 1. The van der Waals surface area contributed by atoms with Gasteiger partial charge in [0, 0.05) is 31.0 Å². The molecule has 116 valence electrons. The Morgan fingerprint density at radius 1 is 1.32 bits per heavy atom. The van der Waals surface area contributed by atoms with E-state index in [2.05, 4.69) is 15.6 Å². The van der Waals surface area contributed by atoms with Gasteiger partial charge >= 0.3 is 6.03 Å². The highest BCUT2D eigenvalue weighted by Crippen LogP contribution is 2.22. The molecular formula is C16H19N3O3. The van der Waals surface area contributed by atoms with Crippen LogP contribution in [0.3, 0.4) is 0 Å². The molecule has 1 fully saturated rings. The zero-order valence-electron chi connectivity index (χ0n) is 12.2. The van der Waals surface area contributed by atoms with E-state index in [1.165, 1.54) is 6.39 Å². The number of urea groups is 1. The van der Waals surface area contributed by atoms with Crippen molar-refractivity contribution in [1.82, 2.24) is 10.3 Å². The van der Waals surface area contributed by atoms with Gasteiger partial charge in [-0.2, -0.15) is 0 Å². The second kappa shape index (κ2) is 7.09. The van der Waals surface area contributed by atoms with Gasteiger partial charge in [-0.05, 0) is 30.9 Å². The Morgan fingerprint density at radius 2 is 2.18 bits per heavy atom. The van der Waals surface area contributed by atoms with Gasteiger partial charge < -0.3 is 19.8 Å². The topological polar surface area (TPSA) is 76.4 Å². The van der Waals surface area contributed by atoms with E-state index in [9.17, 15) is 4.79 Å². The van der Waals surface area contributed by atoms with Crippen LogP contribution in [0, 0.1) is 5.92 Å². The molecule has 1 aromatic heterocycles. The fraction of sp³-hybridized carbons (Fsp3) is 0.375. The number of hydrogen-bond acceptors (Lipinski definition) is 4. The maximum Gasteiger partial charge on any atom is 0.319 e. The number of benzene rings is 1. The van der Waals surface area contributed by atoms with Gasteiger partial charge in [-0.15, -0.1) is 0 Å². The summed E-state index contributed by atoms with van der Waals surface area (Å²) >= 11 is 0. The highest BCUT2D eigenvalue weighted by atomic mass is 16.5. The lowest BCUT2D eigenvalue weighted by molar-refractivity contribution is 0.0671. The molecule has 0 spiro atoms. The third-order valence-corrected chi connectivity index (χ3v) is 3.73. The molecule has 0 unspecified atom stereocenters. The van der Waals surface area contributed by atoms with Crippen LogP contribution in [0.1, 0.15) is 12.8 Å². The van der Waals surface area contributed by atoms with Crippen LogP contribution < -0.4 is 10.6 Å². The molecule has 6 heteroatoms. The molecule has 0 radical (unpaired) electrons. The average Bonchev–Trinajstić information content (AvgIpc) is 3.09. The number of aromatic nitrogens is 1. The summed E-state index contributed by atoms with van der Waals surface area (Å²) < 4.78 is 10.6. The Kier molecular flexibility index (Phi) is 4.70. The molecule has 0 atom stereocenters. The second-order valence-corrected chi connectivity index (χ2v) is 5.34. The van der Waals surface area contributed by atoms with Crippen molar-refractivity contribution in [1.29, 1.82) is 0 Å². The molecule has 1 aliphatic heterocycles. The van der Waals surface area contributed by atoms with Gasteiger partial charge in [0.05, 0.1) is 6.20 Å². The number of carbonyl (C=O) groups is 1. The van der Waals surface area contributed by atoms with Crippen molar-refractivity contribution in [3.05, 3.63) is 36.9 Å². The number of nitrogens with one attached hydrogen (secondary N) is 2. The molecule has 0 aliphatic carbocycles. The largest absolute Gasteiger partial charge is 0.444 e. The molecule has 2 amide bonds. The number of oxazole rings is 1. The Morgan fingerprint density at radius 3 is 2.95 bits per heavy atom. The number of ether oxygens (including phenoxy) is 1. The summed E-state index contributed by atoms with van der Waals surface area (Å²) in [7, 11) is 0. The zero-order valence-corrected chi connectivity index (χ0v) is 12.2. The van der Waals surface area contributed by atoms with Crippen molar-refractivity contribution in [3.63, 3.8) is 0 Å². The zero-order chi connectivity index (χ0) is 15.2.